The molecule has 2 aromatic heterocycles. The summed E-state index contributed by atoms with van der Waals surface area (Å²) in [5, 5.41) is 60.1. The number of aliphatic hydroxyl groups is 4. The van der Waals surface area contributed by atoms with E-state index in [0.717, 1.165) is 11.8 Å². The predicted octanol–water partition coefficient (Wildman–Crippen LogP) is -2.33. The molecular formula is C38H57N9O14. The zero-order valence-electron chi connectivity index (χ0n) is 34.8. The lowest BCUT2D eigenvalue weighted by atomic mass is 9.92. The highest BCUT2D eigenvalue weighted by atomic mass is 16.7. The highest BCUT2D eigenvalue weighted by Crippen LogP contribution is 2.32. The van der Waals surface area contributed by atoms with Gasteiger partial charge >= 0.3 is 6.09 Å². The lowest BCUT2D eigenvalue weighted by Gasteiger charge is -2.47. The van der Waals surface area contributed by atoms with Gasteiger partial charge in [-0.1, -0.05) is 6.92 Å². The summed E-state index contributed by atoms with van der Waals surface area (Å²) >= 11 is 0. The maximum Gasteiger partial charge on any atom is 0.408 e. The summed E-state index contributed by atoms with van der Waals surface area (Å²) in [5.41, 5.74) is 0.546. The fourth-order valence-corrected chi connectivity index (χ4v) is 7.82. The standard InChI is InChI=1S/C38H57N9O14/c1-20-9-14-46(25(50)8-11-39)16-23(20)45(3)33-22-10-15-47(34(22)43-18-42-33)19-58-38(55)41-13-7-6-12-40-35(54)32-31(56-4)28(52)29(53)37(61-32)60-30-26(44-21(2)49)36(57-5)59-24(17-48)27(30)51/h10,15,18,20,23-24,26-32,36-37,48,51-53H,6-9,12-14,16-17,19H2,1-5H3,(H,40,54)(H,41,55)(H,44,49)/t20-,23+,24?,26?,27-,28?,29?,30?,31+,32?,36-,37-/m1/s1. The molecule has 5 rings (SSSR count). The van der Waals surface area contributed by atoms with Crippen molar-refractivity contribution in [1.82, 2.24) is 35.4 Å². The Morgan fingerprint density at radius 1 is 1.02 bits per heavy atom. The van der Waals surface area contributed by atoms with Crippen LogP contribution in [0.4, 0.5) is 10.6 Å². The molecule has 23 nitrogen and oxygen atoms in total. The van der Waals surface area contributed by atoms with Crippen molar-refractivity contribution in [3.8, 4) is 6.07 Å². The Morgan fingerprint density at radius 3 is 2.43 bits per heavy atom. The van der Waals surface area contributed by atoms with Gasteiger partial charge in [0.15, 0.2) is 25.4 Å². The van der Waals surface area contributed by atoms with Crippen LogP contribution < -0.4 is 20.9 Å². The van der Waals surface area contributed by atoms with E-state index in [2.05, 4.69) is 32.8 Å². The van der Waals surface area contributed by atoms with Crippen molar-refractivity contribution in [2.75, 3.05) is 59.0 Å². The molecule has 338 valence electrons. The number of fused-ring (bicyclic) bond motifs is 1. The Bertz CT molecular complexity index is 1850. The Hall–Kier alpha value is -4.77. The molecule has 3 fully saturated rings. The van der Waals surface area contributed by atoms with Gasteiger partial charge in [-0.05, 0) is 31.2 Å². The number of methoxy groups -OCH3 is 2. The molecule has 23 heteroatoms. The van der Waals surface area contributed by atoms with Crippen LogP contribution in [0, 0.1) is 17.2 Å². The number of alkyl carbamates (subject to hydrolysis) is 1. The fraction of sp³-hybridized carbons (Fsp3) is 0.711. The van der Waals surface area contributed by atoms with Crippen LogP contribution in [-0.2, 0) is 49.5 Å². The van der Waals surface area contributed by atoms with Gasteiger partial charge in [0, 0.05) is 60.6 Å². The van der Waals surface area contributed by atoms with Crippen LogP contribution in [0.25, 0.3) is 11.0 Å². The van der Waals surface area contributed by atoms with Crippen molar-refractivity contribution < 1.29 is 68.0 Å². The van der Waals surface area contributed by atoms with E-state index in [9.17, 15) is 39.6 Å². The average molecular weight is 864 g/mol. The molecule has 4 amide bonds. The van der Waals surface area contributed by atoms with Crippen LogP contribution in [0.1, 0.15) is 39.5 Å². The number of ether oxygens (including phenoxy) is 6. The number of hydrogen-bond acceptors (Lipinski definition) is 18. The third kappa shape index (κ3) is 11.2. The van der Waals surface area contributed by atoms with Gasteiger partial charge in [-0.25, -0.2) is 14.8 Å². The van der Waals surface area contributed by atoms with Crippen molar-refractivity contribution in [3.05, 3.63) is 18.6 Å². The highest BCUT2D eigenvalue weighted by Gasteiger charge is 2.53. The summed E-state index contributed by atoms with van der Waals surface area (Å²) in [6, 6.07) is 2.58. The number of aliphatic hydroxyl groups excluding tert-OH is 4. The van der Waals surface area contributed by atoms with Gasteiger partial charge in [-0.15, -0.1) is 0 Å². The van der Waals surface area contributed by atoms with E-state index in [1.807, 2.05) is 24.1 Å². The first-order valence-electron chi connectivity index (χ1n) is 20.0. The summed E-state index contributed by atoms with van der Waals surface area (Å²) in [6.45, 7) is 3.97. The van der Waals surface area contributed by atoms with E-state index >= 15 is 0 Å². The molecule has 0 radical (unpaired) electrons. The number of likely N-dealkylation sites (N-methyl/N-ethyl adjacent to an activating group) is 1. The summed E-state index contributed by atoms with van der Waals surface area (Å²) in [5.74, 6) is -0.506. The number of hydrogen-bond donors (Lipinski definition) is 7. The molecule has 5 heterocycles. The molecule has 0 spiro atoms. The molecule has 12 atom stereocenters. The lowest BCUT2D eigenvalue weighted by Crippen LogP contribution is -2.68. The van der Waals surface area contributed by atoms with Gasteiger partial charge in [-0.3, -0.25) is 19.0 Å². The van der Waals surface area contributed by atoms with Crippen LogP contribution in [0.2, 0.25) is 0 Å². The molecule has 0 bridgehead atoms. The van der Waals surface area contributed by atoms with E-state index in [4.69, 9.17) is 33.7 Å². The monoisotopic (exact) mass is 863 g/mol. The number of aromatic nitrogens is 3. The Labute approximate surface area is 352 Å². The minimum absolute atomic E-state index is 0.0403. The number of nitrogens with zero attached hydrogens (tertiary/aromatic N) is 6. The topological polar surface area (TPSA) is 302 Å². The minimum atomic E-state index is -1.76. The van der Waals surface area contributed by atoms with Crippen molar-refractivity contribution in [1.29, 1.82) is 5.26 Å². The molecule has 61 heavy (non-hydrogen) atoms. The third-order valence-electron chi connectivity index (χ3n) is 11.2. The Balaban J connectivity index is 1.08. The van der Waals surface area contributed by atoms with E-state index in [1.165, 1.54) is 27.5 Å². The largest absolute Gasteiger partial charge is 0.428 e. The first-order valence-corrected chi connectivity index (χ1v) is 20.0. The normalized spacial score (nSPS) is 30.3. The average Bonchev–Trinajstić information content (AvgIpc) is 3.67. The molecule has 3 aliphatic rings. The fourth-order valence-electron chi connectivity index (χ4n) is 7.82. The van der Waals surface area contributed by atoms with Gasteiger partial charge in [0.1, 0.15) is 66.9 Å². The first kappa shape index (κ1) is 47.3. The minimum Gasteiger partial charge on any atom is -0.428 e. The molecule has 3 aliphatic heterocycles. The summed E-state index contributed by atoms with van der Waals surface area (Å²) in [4.78, 5) is 63.0. The quantitative estimate of drug-likeness (QED) is 0.0821. The maximum absolute atomic E-state index is 13.3. The van der Waals surface area contributed by atoms with Crippen LogP contribution in [0.3, 0.4) is 0 Å². The number of nitriles is 1. The number of unbranched alkanes of at least 4 members (excludes halogenated alkanes) is 1. The smallest absolute Gasteiger partial charge is 0.408 e. The van der Waals surface area contributed by atoms with E-state index in [0.29, 0.717) is 37.4 Å². The van der Waals surface area contributed by atoms with Crippen molar-refractivity contribution in [2.24, 2.45) is 5.92 Å². The third-order valence-corrected chi connectivity index (χ3v) is 11.2. The van der Waals surface area contributed by atoms with E-state index in [-0.39, 0.29) is 44.1 Å². The van der Waals surface area contributed by atoms with Crippen LogP contribution >= 0.6 is 0 Å². The van der Waals surface area contributed by atoms with Crippen molar-refractivity contribution in [3.63, 3.8) is 0 Å². The van der Waals surface area contributed by atoms with Crippen LogP contribution in [0.15, 0.2) is 18.6 Å². The zero-order chi connectivity index (χ0) is 44.4. The van der Waals surface area contributed by atoms with E-state index < -0.39 is 85.9 Å². The number of piperidine rings is 1. The molecular weight excluding hydrogens is 806 g/mol. The molecule has 7 N–H and O–H groups in total. The van der Waals surface area contributed by atoms with Gasteiger partial charge in [0.2, 0.25) is 11.8 Å². The molecule has 0 aliphatic carbocycles. The highest BCUT2D eigenvalue weighted by molar-refractivity contribution is 5.88. The predicted molar refractivity (Wildman–Crippen MR) is 210 cm³/mol. The number of amides is 4. The first-order chi connectivity index (χ1) is 29.2. The van der Waals surface area contributed by atoms with E-state index in [1.54, 1.807) is 15.7 Å². The second-order valence-corrected chi connectivity index (χ2v) is 15.2. The summed E-state index contributed by atoms with van der Waals surface area (Å²) in [7, 11) is 4.41. The second-order valence-electron chi connectivity index (χ2n) is 15.2. The summed E-state index contributed by atoms with van der Waals surface area (Å²) < 4.78 is 34.9. The zero-order valence-corrected chi connectivity index (χ0v) is 34.8. The molecule has 0 saturated carbocycles. The Kier molecular flexibility index (Phi) is 16.9. The van der Waals surface area contributed by atoms with Crippen LogP contribution in [-0.4, -0.2) is 185 Å². The number of anilines is 1. The van der Waals surface area contributed by atoms with Crippen molar-refractivity contribution in [2.45, 2.75) is 114 Å². The number of likely N-dealkylation sites (tertiary alicyclic amines) is 1. The molecule has 2 aromatic rings. The SMILES string of the molecule is CO[C@@H]1OC(CO)[C@@H](O)C(O[C@@H]2OC(C(=O)NCCCCNC(=O)OCn3ccc4c(N(C)[C@H]5CN(C(=O)CC#N)CC[C@H]5C)ncnc43)[C@@H](OC)C(O)C2O)C1NC(C)=O. The number of carbonyl (C=O) groups excluding carboxylic acids is 4. The number of nitrogens with one attached hydrogen (secondary N) is 3. The van der Waals surface area contributed by atoms with Gasteiger partial charge in [0.25, 0.3) is 5.91 Å². The number of rotatable bonds is 17. The lowest BCUT2D eigenvalue weighted by molar-refractivity contribution is -0.338. The van der Waals surface area contributed by atoms with Gasteiger partial charge in [-0.2, -0.15) is 5.26 Å². The summed E-state index contributed by atoms with van der Waals surface area (Å²) in [6.07, 6.45) is -9.30. The molecule has 3 saturated heterocycles. The number of carbonyl (C=O) groups is 4. The molecule has 0 aromatic carbocycles. The Morgan fingerprint density at radius 2 is 1.75 bits per heavy atom. The van der Waals surface area contributed by atoms with Crippen LogP contribution in [0.5, 0.6) is 0 Å². The molecule has 6 unspecified atom stereocenters. The van der Waals surface area contributed by atoms with Gasteiger partial charge < -0.3 is 74.6 Å². The second kappa shape index (κ2) is 21.8. The van der Waals surface area contributed by atoms with Gasteiger partial charge in [0.05, 0.1) is 24.1 Å². The maximum atomic E-state index is 13.3. The van der Waals surface area contributed by atoms with Crippen molar-refractivity contribution >= 4 is 40.7 Å².